The van der Waals surface area contributed by atoms with Crippen LogP contribution in [0.15, 0.2) is 65.6 Å². The van der Waals surface area contributed by atoms with Crippen LogP contribution in [0.1, 0.15) is 12.0 Å². The molecule has 0 heterocycles. The van der Waals surface area contributed by atoms with Crippen LogP contribution in [0.3, 0.4) is 0 Å². The molecule has 0 aliphatic carbocycles. The summed E-state index contributed by atoms with van der Waals surface area (Å²) in [5.74, 6) is -0.871. The Morgan fingerprint density at radius 1 is 1.04 bits per heavy atom. The van der Waals surface area contributed by atoms with Gasteiger partial charge in [-0.05, 0) is 24.1 Å². The van der Waals surface area contributed by atoms with E-state index in [0.717, 1.165) is 5.56 Å². The van der Waals surface area contributed by atoms with Gasteiger partial charge in [-0.25, -0.2) is 0 Å². The number of rotatable bonds is 10. The lowest BCUT2D eigenvalue weighted by atomic mass is 10.2. The molecule has 2 amide bonds. The molecular weight excluding hydrogens is 352 g/mol. The van der Waals surface area contributed by atoms with Gasteiger partial charge in [-0.1, -0.05) is 48.5 Å². The van der Waals surface area contributed by atoms with E-state index < -0.39 is 28.7 Å². The van der Waals surface area contributed by atoms with Crippen LogP contribution < -0.4 is 11.1 Å². The normalized spacial score (nSPS) is 12.9. The number of amides is 2. The lowest BCUT2D eigenvalue weighted by Gasteiger charge is -2.15. The fourth-order valence-electron chi connectivity index (χ4n) is 2.27. The van der Waals surface area contributed by atoms with Crippen molar-refractivity contribution in [3.8, 4) is 0 Å². The van der Waals surface area contributed by atoms with Crippen molar-refractivity contribution in [1.29, 1.82) is 0 Å². The Hall–Kier alpha value is -2.51. The second-order valence-electron chi connectivity index (χ2n) is 5.65. The van der Waals surface area contributed by atoms with Crippen molar-refractivity contribution in [2.75, 3.05) is 12.4 Å². The summed E-state index contributed by atoms with van der Waals surface area (Å²) >= 11 is 0. The maximum Gasteiger partial charge on any atom is 0.246 e. The van der Waals surface area contributed by atoms with Crippen molar-refractivity contribution < 1.29 is 18.5 Å². The third kappa shape index (κ3) is 6.78. The second kappa shape index (κ2) is 10.5. The lowest BCUT2D eigenvalue weighted by Crippen LogP contribution is -2.46. The molecule has 0 bridgehead atoms. The number of primary amides is 1. The van der Waals surface area contributed by atoms with Gasteiger partial charge in [0.15, 0.2) is 0 Å². The van der Waals surface area contributed by atoms with Crippen LogP contribution in [0.25, 0.3) is 0 Å². The molecule has 0 saturated heterocycles. The molecule has 3 N–H and O–H groups in total. The van der Waals surface area contributed by atoms with Gasteiger partial charge in [-0.2, -0.15) is 0 Å². The van der Waals surface area contributed by atoms with E-state index in [4.69, 9.17) is 10.5 Å². The molecule has 0 radical (unpaired) electrons. The van der Waals surface area contributed by atoms with E-state index >= 15 is 0 Å². The van der Waals surface area contributed by atoms with Gasteiger partial charge in [-0.15, -0.1) is 0 Å². The molecule has 7 heteroatoms. The van der Waals surface area contributed by atoms with Gasteiger partial charge in [0.25, 0.3) is 0 Å². The number of hydrogen-bond donors (Lipinski definition) is 2. The maximum absolute atomic E-state index is 12.2. The van der Waals surface area contributed by atoms with E-state index in [9.17, 15) is 13.8 Å². The van der Waals surface area contributed by atoms with Crippen molar-refractivity contribution in [2.45, 2.75) is 24.0 Å². The largest absolute Gasteiger partial charge is 0.368 e. The first-order chi connectivity index (χ1) is 12.6. The molecule has 0 aromatic heterocycles. The van der Waals surface area contributed by atoms with Crippen molar-refractivity contribution in [2.24, 2.45) is 5.73 Å². The Kier molecular flexibility index (Phi) is 7.98. The zero-order valence-electron chi connectivity index (χ0n) is 14.3. The van der Waals surface area contributed by atoms with Gasteiger partial charge in [0.2, 0.25) is 11.8 Å². The first-order valence-electron chi connectivity index (χ1n) is 8.20. The van der Waals surface area contributed by atoms with Crippen molar-refractivity contribution in [3.05, 3.63) is 66.2 Å². The number of ether oxygens (including phenoxy) is 1. The predicted molar refractivity (Wildman–Crippen MR) is 99.6 cm³/mol. The van der Waals surface area contributed by atoms with E-state index in [2.05, 4.69) is 5.32 Å². The second-order valence-corrected chi connectivity index (χ2v) is 7.22. The van der Waals surface area contributed by atoms with Gasteiger partial charge in [-0.3, -0.25) is 13.8 Å². The number of benzene rings is 2. The van der Waals surface area contributed by atoms with Crippen molar-refractivity contribution in [1.82, 2.24) is 5.32 Å². The number of carbonyl (C=O) groups is 2. The molecule has 0 saturated carbocycles. The van der Waals surface area contributed by atoms with Gasteiger partial charge in [0.1, 0.15) is 12.6 Å². The van der Waals surface area contributed by atoms with Crippen LogP contribution in [-0.2, 0) is 31.7 Å². The monoisotopic (exact) mass is 374 g/mol. The smallest absolute Gasteiger partial charge is 0.246 e. The summed E-state index contributed by atoms with van der Waals surface area (Å²) < 4.78 is 17.5. The summed E-state index contributed by atoms with van der Waals surface area (Å²) in [7, 11) is -1.26. The standard InChI is InChI=1S/C19H22N2O4S/c20-19(23)17(11-12-26(24)16-9-5-2-6-10-16)21-18(22)14-25-13-15-7-3-1-4-8-15/h1-10,17H,11-14H2,(H2,20,23)(H,21,22)/t17-,26-/m0/s1. The van der Waals surface area contributed by atoms with Crippen molar-refractivity contribution in [3.63, 3.8) is 0 Å². The molecule has 2 atom stereocenters. The fraction of sp³-hybridized carbons (Fsp3) is 0.263. The van der Waals surface area contributed by atoms with Gasteiger partial charge < -0.3 is 15.8 Å². The van der Waals surface area contributed by atoms with Crippen LogP contribution in [0.5, 0.6) is 0 Å². The van der Waals surface area contributed by atoms with E-state index in [-0.39, 0.29) is 18.8 Å². The van der Waals surface area contributed by atoms with Crippen LogP contribution in [0, 0.1) is 0 Å². The highest BCUT2D eigenvalue weighted by Crippen LogP contribution is 2.08. The first kappa shape index (κ1) is 19.8. The van der Waals surface area contributed by atoms with Crippen LogP contribution in [0.4, 0.5) is 0 Å². The first-order valence-corrected chi connectivity index (χ1v) is 9.52. The Labute approximate surface area is 155 Å². The molecule has 26 heavy (non-hydrogen) atoms. The Balaban J connectivity index is 1.77. The average Bonchev–Trinajstić information content (AvgIpc) is 2.66. The third-order valence-electron chi connectivity index (χ3n) is 3.62. The van der Waals surface area contributed by atoms with E-state index in [1.54, 1.807) is 24.3 Å². The molecule has 2 aromatic rings. The fourth-order valence-corrected chi connectivity index (χ4v) is 3.42. The van der Waals surface area contributed by atoms with Gasteiger partial charge in [0.05, 0.1) is 17.4 Å². The summed E-state index contributed by atoms with van der Waals surface area (Å²) in [6.07, 6.45) is 0.196. The molecule has 138 valence electrons. The maximum atomic E-state index is 12.2. The zero-order chi connectivity index (χ0) is 18.8. The molecular formula is C19H22N2O4S. The predicted octanol–water partition coefficient (Wildman–Crippen LogP) is 1.37. The van der Waals surface area contributed by atoms with Crippen molar-refractivity contribution >= 4 is 22.6 Å². The molecule has 0 spiro atoms. The minimum Gasteiger partial charge on any atom is -0.368 e. The van der Waals surface area contributed by atoms with E-state index in [1.807, 2.05) is 36.4 Å². The minimum absolute atomic E-state index is 0.180. The highest BCUT2D eigenvalue weighted by atomic mass is 32.2. The Morgan fingerprint density at radius 2 is 1.65 bits per heavy atom. The van der Waals surface area contributed by atoms with Gasteiger partial charge >= 0.3 is 0 Å². The summed E-state index contributed by atoms with van der Waals surface area (Å²) in [6, 6.07) is 17.5. The van der Waals surface area contributed by atoms with Crippen LogP contribution in [0.2, 0.25) is 0 Å². The highest BCUT2D eigenvalue weighted by molar-refractivity contribution is 7.85. The summed E-state index contributed by atoms with van der Waals surface area (Å²) in [6.45, 7) is 0.119. The number of nitrogens with two attached hydrogens (primary N) is 1. The quantitative estimate of drug-likeness (QED) is 0.656. The van der Waals surface area contributed by atoms with Gasteiger partial charge in [0, 0.05) is 10.6 Å². The molecule has 0 unspecified atom stereocenters. The molecule has 0 aliphatic heterocycles. The van der Waals surface area contributed by atoms with Crippen LogP contribution >= 0.6 is 0 Å². The lowest BCUT2D eigenvalue weighted by molar-refractivity contribution is -0.130. The summed E-state index contributed by atoms with van der Waals surface area (Å²) in [4.78, 5) is 24.2. The third-order valence-corrected chi connectivity index (χ3v) is 5.03. The number of nitrogens with one attached hydrogen (secondary N) is 1. The SMILES string of the molecule is NC(=O)[C@H](CC[S@](=O)c1ccccc1)NC(=O)COCc1ccccc1. The number of carbonyl (C=O) groups excluding carboxylic acids is 2. The molecule has 0 fully saturated rings. The number of hydrogen-bond acceptors (Lipinski definition) is 4. The van der Waals surface area contributed by atoms with Crippen LogP contribution in [-0.4, -0.2) is 34.4 Å². The summed E-state index contributed by atoms with van der Waals surface area (Å²) in [5.41, 5.74) is 6.29. The Bertz CT molecular complexity index is 738. The summed E-state index contributed by atoms with van der Waals surface area (Å²) in [5, 5.41) is 2.54. The average molecular weight is 374 g/mol. The highest BCUT2D eigenvalue weighted by Gasteiger charge is 2.19. The molecule has 0 aliphatic rings. The minimum atomic E-state index is -1.26. The molecule has 6 nitrogen and oxygen atoms in total. The molecule has 2 rings (SSSR count). The zero-order valence-corrected chi connectivity index (χ0v) is 15.1. The van der Waals surface area contributed by atoms with E-state index in [1.165, 1.54) is 0 Å². The topological polar surface area (TPSA) is 98.5 Å². The van der Waals surface area contributed by atoms with E-state index in [0.29, 0.717) is 11.5 Å². The Morgan fingerprint density at radius 3 is 2.27 bits per heavy atom. The molecule has 2 aromatic carbocycles.